The lowest BCUT2D eigenvalue weighted by Gasteiger charge is -2.01. The van der Waals surface area contributed by atoms with E-state index in [9.17, 15) is 4.39 Å². The minimum atomic E-state index is -0.803. The van der Waals surface area contributed by atoms with Crippen molar-refractivity contribution in [3.8, 4) is 5.75 Å². The molecule has 0 fully saturated rings. The van der Waals surface area contributed by atoms with Gasteiger partial charge in [0.1, 0.15) is 5.75 Å². The number of ether oxygens (including phenoxy) is 1. The fraction of sp³-hybridized carbons (Fsp3) is 0.111. The monoisotopic (exact) mass is 186 g/mol. The summed E-state index contributed by atoms with van der Waals surface area (Å²) in [6.07, 6.45) is 0. The molecule has 0 spiro atoms. The van der Waals surface area contributed by atoms with Crippen LogP contribution in [0.3, 0.4) is 0 Å². The molecular formula is C9H8ClFO. The zero-order valence-corrected chi connectivity index (χ0v) is 7.31. The lowest BCUT2D eigenvalue weighted by atomic mass is 10.2. The number of rotatable bonds is 2. The van der Waals surface area contributed by atoms with Crippen LogP contribution in [-0.4, -0.2) is 0 Å². The van der Waals surface area contributed by atoms with Gasteiger partial charge in [-0.05, 0) is 24.6 Å². The van der Waals surface area contributed by atoms with Gasteiger partial charge < -0.3 is 4.74 Å². The Labute approximate surface area is 75.4 Å². The summed E-state index contributed by atoms with van der Waals surface area (Å²) in [6.45, 7) is 1.90. The fourth-order valence-electron chi connectivity index (χ4n) is 0.814. The molecule has 0 aromatic heterocycles. The van der Waals surface area contributed by atoms with Gasteiger partial charge in [0.25, 0.3) is 6.01 Å². The Morgan fingerprint density at radius 2 is 2.33 bits per heavy atom. The Morgan fingerprint density at radius 3 is 2.92 bits per heavy atom. The molecule has 0 aliphatic rings. The maximum atomic E-state index is 12.5. The molecular weight excluding hydrogens is 179 g/mol. The second kappa shape index (κ2) is 4.12. The van der Waals surface area contributed by atoms with E-state index in [1.54, 1.807) is 18.2 Å². The van der Waals surface area contributed by atoms with E-state index in [2.05, 4.69) is 0 Å². The van der Waals surface area contributed by atoms with E-state index < -0.39 is 6.01 Å². The summed E-state index contributed by atoms with van der Waals surface area (Å²) < 4.78 is 17.2. The number of hydrogen-bond acceptors (Lipinski definition) is 1. The first-order chi connectivity index (χ1) is 5.72. The molecule has 0 N–H and O–H groups in total. The van der Waals surface area contributed by atoms with Crippen LogP contribution >= 0.6 is 11.6 Å². The molecule has 0 aliphatic carbocycles. The van der Waals surface area contributed by atoms with Crippen LogP contribution in [0.1, 0.15) is 5.56 Å². The van der Waals surface area contributed by atoms with E-state index in [1.165, 1.54) is 0 Å². The van der Waals surface area contributed by atoms with Gasteiger partial charge in [0.05, 0.1) is 5.54 Å². The van der Waals surface area contributed by atoms with Crippen molar-refractivity contribution in [3.05, 3.63) is 41.4 Å². The first-order valence-corrected chi connectivity index (χ1v) is 3.86. The van der Waals surface area contributed by atoms with Crippen LogP contribution in [0.4, 0.5) is 4.39 Å². The Balaban J connectivity index is 2.76. The molecule has 1 aromatic carbocycles. The van der Waals surface area contributed by atoms with Crippen LogP contribution in [0, 0.1) is 6.92 Å². The van der Waals surface area contributed by atoms with Gasteiger partial charge in [0.15, 0.2) is 0 Å². The van der Waals surface area contributed by atoms with Crippen molar-refractivity contribution in [2.75, 3.05) is 0 Å². The molecule has 1 rings (SSSR count). The van der Waals surface area contributed by atoms with Gasteiger partial charge >= 0.3 is 0 Å². The maximum Gasteiger partial charge on any atom is 0.289 e. The molecule has 1 nitrogen and oxygen atoms in total. The molecule has 0 saturated heterocycles. The number of halogens is 2. The van der Waals surface area contributed by atoms with Gasteiger partial charge in [-0.1, -0.05) is 23.7 Å². The van der Waals surface area contributed by atoms with Crippen molar-refractivity contribution in [1.29, 1.82) is 0 Å². The van der Waals surface area contributed by atoms with Crippen LogP contribution in [0.25, 0.3) is 0 Å². The molecule has 0 atom stereocenters. The van der Waals surface area contributed by atoms with Crippen molar-refractivity contribution >= 4 is 11.6 Å². The lowest BCUT2D eigenvalue weighted by molar-refractivity contribution is 0.303. The van der Waals surface area contributed by atoms with Gasteiger partial charge in [0.2, 0.25) is 0 Å². The molecule has 3 heteroatoms. The summed E-state index contributed by atoms with van der Waals surface area (Å²) in [4.78, 5) is 0. The van der Waals surface area contributed by atoms with Crippen molar-refractivity contribution in [2.24, 2.45) is 0 Å². The summed E-state index contributed by atoms with van der Waals surface area (Å²) in [5, 5.41) is 0. The van der Waals surface area contributed by atoms with Crippen LogP contribution in [0.15, 0.2) is 35.8 Å². The predicted molar refractivity (Wildman–Crippen MR) is 46.9 cm³/mol. The number of aryl methyl sites for hydroxylation is 1. The van der Waals surface area contributed by atoms with E-state index in [0.717, 1.165) is 11.1 Å². The molecule has 12 heavy (non-hydrogen) atoms. The molecule has 1 aromatic rings. The summed E-state index contributed by atoms with van der Waals surface area (Å²) in [5.74, 6) is 0.449. The predicted octanol–water partition coefficient (Wildman–Crippen LogP) is 3.38. The fourth-order valence-corrected chi connectivity index (χ4v) is 0.858. The molecule has 0 saturated carbocycles. The molecule has 0 bridgehead atoms. The quantitative estimate of drug-likeness (QED) is 0.644. The van der Waals surface area contributed by atoms with Crippen molar-refractivity contribution in [1.82, 2.24) is 0 Å². The molecule has 0 aliphatic heterocycles. The van der Waals surface area contributed by atoms with Crippen LogP contribution < -0.4 is 4.74 Å². The summed E-state index contributed by atoms with van der Waals surface area (Å²) in [7, 11) is 0. The van der Waals surface area contributed by atoms with E-state index in [-0.39, 0.29) is 0 Å². The molecule has 64 valence electrons. The van der Waals surface area contributed by atoms with Gasteiger partial charge in [0, 0.05) is 0 Å². The second-order valence-corrected chi connectivity index (χ2v) is 2.55. The van der Waals surface area contributed by atoms with Crippen molar-refractivity contribution in [2.45, 2.75) is 6.92 Å². The Bertz CT molecular complexity index is 296. The second-order valence-electron chi connectivity index (χ2n) is 2.33. The number of hydrogen-bond donors (Lipinski definition) is 0. The first-order valence-electron chi connectivity index (χ1n) is 3.43. The lowest BCUT2D eigenvalue weighted by Crippen LogP contribution is -1.87. The third-order valence-corrected chi connectivity index (χ3v) is 1.46. The SMILES string of the molecule is Cc1cccc(OC(F)=CCl)c1. The van der Waals surface area contributed by atoms with E-state index in [4.69, 9.17) is 16.3 Å². The smallest absolute Gasteiger partial charge is 0.289 e. The highest BCUT2D eigenvalue weighted by molar-refractivity contribution is 6.25. The van der Waals surface area contributed by atoms with Crippen LogP contribution in [0.2, 0.25) is 0 Å². The minimum absolute atomic E-state index is 0.449. The molecule has 0 heterocycles. The first kappa shape index (κ1) is 9.07. The van der Waals surface area contributed by atoms with Crippen molar-refractivity contribution < 1.29 is 9.13 Å². The van der Waals surface area contributed by atoms with Crippen LogP contribution in [0.5, 0.6) is 5.75 Å². The van der Waals surface area contributed by atoms with Gasteiger partial charge in [-0.15, -0.1) is 0 Å². The molecule has 0 unspecified atom stereocenters. The highest BCUT2D eigenvalue weighted by Gasteiger charge is 1.97. The van der Waals surface area contributed by atoms with E-state index >= 15 is 0 Å². The third kappa shape index (κ3) is 2.55. The van der Waals surface area contributed by atoms with Gasteiger partial charge in [-0.2, -0.15) is 4.39 Å². The Kier molecular flexibility index (Phi) is 3.11. The normalized spacial score (nSPS) is 11.4. The van der Waals surface area contributed by atoms with E-state index in [1.807, 2.05) is 13.0 Å². The molecule has 0 radical (unpaired) electrons. The molecule has 0 amide bonds. The average Bonchev–Trinajstić information content (AvgIpc) is 2.04. The van der Waals surface area contributed by atoms with Crippen molar-refractivity contribution in [3.63, 3.8) is 0 Å². The highest BCUT2D eigenvalue weighted by atomic mass is 35.5. The topological polar surface area (TPSA) is 9.23 Å². The summed E-state index contributed by atoms with van der Waals surface area (Å²) in [5.41, 5.74) is 1.76. The zero-order valence-electron chi connectivity index (χ0n) is 6.55. The average molecular weight is 187 g/mol. The minimum Gasteiger partial charge on any atom is -0.431 e. The maximum absolute atomic E-state index is 12.5. The Morgan fingerprint density at radius 1 is 1.58 bits per heavy atom. The van der Waals surface area contributed by atoms with E-state index in [0.29, 0.717) is 5.75 Å². The highest BCUT2D eigenvalue weighted by Crippen LogP contribution is 2.16. The summed E-state index contributed by atoms with van der Waals surface area (Å²) in [6, 6.07) is 6.26. The third-order valence-electron chi connectivity index (χ3n) is 1.29. The van der Waals surface area contributed by atoms with Crippen LogP contribution in [-0.2, 0) is 0 Å². The largest absolute Gasteiger partial charge is 0.431 e. The number of benzene rings is 1. The zero-order chi connectivity index (χ0) is 8.97. The summed E-state index contributed by atoms with van der Waals surface area (Å²) >= 11 is 5.08. The standard InChI is InChI=1S/C9H8ClFO/c1-7-3-2-4-8(5-7)12-9(11)6-10/h2-6H,1H3. The van der Waals surface area contributed by atoms with Gasteiger partial charge in [-0.25, -0.2) is 0 Å². The Hall–Kier alpha value is -1.02. The van der Waals surface area contributed by atoms with Gasteiger partial charge in [-0.3, -0.25) is 0 Å².